The highest BCUT2D eigenvalue weighted by Crippen LogP contribution is 2.27. The summed E-state index contributed by atoms with van der Waals surface area (Å²) >= 11 is 0. The molecule has 19 heavy (non-hydrogen) atoms. The van der Waals surface area contributed by atoms with Gasteiger partial charge < -0.3 is 17.3 Å². The van der Waals surface area contributed by atoms with Crippen LogP contribution in [0.3, 0.4) is 0 Å². The van der Waals surface area contributed by atoms with E-state index in [9.17, 15) is 17.3 Å². The lowest BCUT2D eigenvalue weighted by atomic mass is 10.3. The minimum absolute atomic E-state index is 0.545. The Balaban J connectivity index is 0.000000312. The minimum Gasteiger partial charge on any atom is -0.418 e. The standard InChI is InChI=1S/C13H13P.BF4/c1-14(12-8-4-2-5-9-12)13-10-6-3-7-11-13;2-1(3,4)5/h2-11H,1H3;/q;-1/p+1. The molecule has 0 nitrogen and oxygen atoms in total. The van der Waals surface area contributed by atoms with Gasteiger partial charge in [-0.3, -0.25) is 0 Å². The first kappa shape index (κ1) is 15.7. The van der Waals surface area contributed by atoms with Crippen LogP contribution in [-0.4, -0.2) is 13.9 Å². The molecule has 0 heterocycles. The van der Waals surface area contributed by atoms with Crippen molar-refractivity contribution >= 4 is 25.8 Å². The molecule has 0 unspecified atom stereocenters. The monoisotopic (exact) mass is 288 g/mol. The second-order valence-electron chi connectivity index (χ2n) is 3.85. The fourth-order valence-corrected chi connectivity index (χ4v) is 3.26. The predicted molar refractivity (Wildman–Crippen MR) is 76.6 cm³/mol. The number of hydrogen-bond donors (Lipinski definition) is 0. The summed E-state index contributed by atoms with van der Waals surface area (Å²) in [6.45, 7) is 2.34. The molecule has 0 saturated carbocycles. The van der Waals surface area contributed by atoms with E-state index in [4.69, 9.17) is 0 Å². The minimum atomic E-state index is -6.00. The number of benzene rings is 2. The average molecular weight is 288 g/mol. The summed E-state index contributed by atoms with van der Waals surface area (Å²) in [5, 5.41) is 2.95. The summed E-state index contributed by atoms with van der Waals surface area (Å²) in [5.41, 5.74) is 0. The van der Waals surface area contributed by atoms with Gasteiger partial charge in [-0.2, -0.15) is 0 Å². The lowest BCUT2D eigenvalue weighted by molar-refractivity contribution is 0.368. The highest BCUT2D eigenvalue weighted by atomic mass is 31.1. The largest absolute Gasteiger partial charge is 0.673 e. The van der Waals surface area contributed by atoms with Crippen LogP contribution in [-0.2, 0) is 0 Å². The SMILES string of the molecule is C[PH+](c1ccccc1)c1ccccc1.F[B-](F)(F)F. The number of rotatable bonds is 2. The Morgan fingerprint density at radius 1 is 0.684 bits per heavy atom. The maximum atomic E-state index is 9.75. The molecule has 0 bridgehead atoms. The summed E-state index contributed by atoms with van der Waals surface area (Å²) in [4.78, 5) is 0. The molecule has 0 saturated heterocycles. The van der Waals surface area contributed by atoms with Crippen LogP contribution < -0.4 is 10.6 Å². The van der Waals surface area contributed by atoms with Gasteiger partial charge in [-0.15, -0.1) is 0 Å². The lowest BCUT2D eigenvalue weighted by Crippen LogP contribution is -2.09. The number of halogens is 4. The zero-order chi connectivity index (χ0) is 14.3. The summed E-state index contributed by atoms with van der Waals surface area (Å²) in [7, 11) is -6.54. The van der Waals surface area contributed by atoms with Crippen LogP contribution in [0.5, 0.6) is 0 Å². The van der Waals surface area contributed by atoms with Crippen LogP contribution in [0, 0.1) is 0 Å². The fourth-order valence-electron chi connectivity index (χ4n) is 1.54. The molecule has 102 valence electrons. The third kappa shape index (κ3) is 6.97. The Hall–Kier alpha value is -1.35. The van der Waals surface area contributed by atoms with E-state index in [1.54, 1.807) is 0 Å². The molecule has 2 rings (SSSR count). The van der Waals surface area contributed by atoms with Gasteiger partial charge in [0, 0.05) is 0 Å². The highest BCUT2D eigenvalue weighted by Gasteiger charge is 2.20. The molecular formula is C13H14BF4P. The van der Waals surface area contributed by atoms with Gasteiger partial charge >= 0.3 is 7.25 Å². The Kier molecular flexibility index (Phi) is 6.03. The first-order valence-corrected chi connectivity index (χ1v) is 7.69. The molecular weight excluding hydrogens is 274 g/mol. The molecule has 0 spiro atoms. The Morgan fingerprint density at radius 2 is 0.947 bits per heavy atom. The molecule has 0 N–H and O–H groups in total. The predicted octanol–water partition coefficient (Wildman–Crippen LogP) is 3.78. The van der Waals surface area contributed by atoms with E-state index < -0.39 is 15.2 Å². The van der Waals surface area contributed by atoms with E-state index in [-0.39, 0.29) is 0 Å². The smallest absolute Gasteiger partial charge is 0.418 e. The van der Waals surface area contributed by atoms with Crippen LogP contribution >= 0.6 is 7.92 Å². The molecule has 2 aromatic carbocycles. The van der Waals surface area contributed by atoms with Crippen molar-refractivity contribution in [3.8, 4) is 0 Å². The first-order valence-electron chi connectivity index (χ1n) is 5.69. The van der Waals surface area contributed by atoms with Gasteiger partial charge in [0.05, 0.1) is 25.2 Å². The highest BCUT2D eigenvalue weighted by molar-refractivity contribution is 7.72. The molecule has 0 radical (unpaired) electrons. The molecule has 0 aromatic heterocycles. The third-order valence-electron chi connectivity index (χ3n) is 2.41. The quantitative estimate of drug-likeness (QED) is 0.448. The normalized spacial score (nSPS) is 10.8. The number of hydrogen-bond acceptors (Lipinski definition) is 0. The summed E-state index contributed by atoms with van der Waals surface area (Å²) in [5.74, 6) is 0. The second-order valence-corrected chi connectivity index (χ2v) is 6.26. The Bertz CT molecular complexity index is 428. The van der Waals surface area contributed by atoms with Gasteiger partial charge in [0.15, 0.2) is 0 Å². The maximum Gasteiger partial charge on any atom is 0.673 e. The zero-order valence-electron chi connectivity index (χ0n) is 10.4. The van der Waals surface area contributed by atoms with E-state index in [1.807, 2.05) is 0 Å². The molecule has 0 aliphatic heterocycles. The summed E-state index contributed by atoms with van der Waals surface area (Å²) < 4.78 is 39.0. The zero-order valence-corrected chi connectivity index (χ0v) is 11.4. The van der Waals surface area contributed by atoms with Crippen LogP contribution in [0.25, 0.3) is 0 Å². The van der Waals surface area contributed by atoms with Crippen LogP contribution in [0.15, 0.2) is 60.7 Å². The van der Waals surface area contributed by atoms with Crippen LogP contribution in [0.1, 0.15) is 0 Å². The van der Waals surface area contributed by atoms with Gasteiger partial charge in [-0.1, -0.05) is 36.4 Å². The van der Waals surface area contributed by atoms with E-state index in [1.165, 1.54) is 10.6 Å². The van der Waals surface area contributed by atoms with E-state index >= 15 is 0 Å². The van der Waals surface area contributed by atoms with Gasteiger partial charge in [0.2, 0.25) is 0 Å². The van der Waals surface area contributed by atoms with E-state index in [0.717, 1.165) is 0 Å². The lowest BCUT2D eigenvalue weighted by Gasteiger charge is -2.03. The molecule has 6 heteroatoms. The van der Waals surface area contributed by atoms with Gasteiger partial charge in [0.25, 0.3) is 0 Å². The van der Waals surface area contributed by atoms with E-state index in [2.05, 4.69) is 67.3 Å². The third-order valence-corrected chi connectivity index (χ3v) is 4.81. The van der Waals surface area contributed by atoms with Gasteiger partial charge in [0.1, 0.15) is 0 Å². The van der Waals surface area contributed by atoms with Crippen LogP contribution in [0.2, 0.25) is 0 Å². The summed E-state index contributed by atoms with van der Waals surface area (Å²) in [6.07, 6.45) is 0. The van der Waals surface area contributed by atoms with Crippen molar-refractivity contribution in [2.45, 2.75) is 0 Å². The molecule has 0 atom stereocenters. The molecule has 0 amide bonds. The van der Waals surface area contributed by atoms with Crippen molar-refractivity contribution < 1.29 is 17.3 Å². The molecule has 0 fully saturated rings. The summed E-state index contributed by atoms with van der Waals surface area (Å²) in [6, 6.07) is 21.5. The molecule has 0 aliphatic carbocycles. The maximum absolute atomic E-state index is 9.75. The van der Waals surface area contributed by atoms with Crippen LogP contribution in [0.4, 0.5) is 17.3 Å². The van der Waals surface area contributed by atoms with Gasteiger partial charge in [-0.25, -0.2) is 0 Å². The van der Waals surface area contributed by atoms with E-state index in [0.29, 0.717) is 0 Å². The van der Waals surface area contributed by atoms with Crippen molar-refractivity contribution in [1.29, 1.82) is 0 Å². The molecule has 2 aromatic rings. The Morgan fingerprint density at radius 3 is 1.21 bits per heavy atom. The van der Waals surface area contributed by atoms with Crippen molar-refractivity contribution in [3.63, 3.8) is 0 Å². The topological polar surface area (TPSA) is 0 Å². The van der Waals surface area contributed by atoms with Gasteiger partial charge in [-0.05, 0) is 24.3 Å². The molecule has 0 aliphatic rings. The first-order chi connectivity index (χ1) is 8.88. The van der Waals surface area contributed by atoms with Crippen molar-refractivity contribution in [3.05, 3.63) is 60.7 Å². The van der Waals surface area contributed by atoms with Crippen molar-refractivity contribution in [2.24, 2.45) is 0 Å². The van der Waals surface area contributed by atoms with Crippen molar-refractivity contribution in [2.75, 3.05) is 6.66 Å². The Labute approximate surface area is 111 Å². The fraction of sp³-hybridized carbons (Fsp3) is 0.0769. The van der Waals surface area contributed by atoms with Crippen molar-refractivity contribution in [1.82, 2.24) is 0 Å². The average Bonchev–Trinajstić information content (AvgIpc) is 2.38. The second kappa shape index (κ2) is 7.29.